The summed E-state index contributed by atoms with van der Waals surface area (Å²) in [6.07, 6.45) is 0. The van der Waals surface area contributed by atoms with Gasteiger partial charge in [0, 0.05) is 17.2 Å². The van der Waals surface area contributed by atoms with Gasteiger partial charge in [0.25, 0.3) is 5.91 Å². The molecule has 2 atom stereocenters. The van der Waals surface area contributed by atoms with E-state index in [2.05, 4.69) is 4.99 Å². The number of thioether (sulfide) groups is 1. The Bertz CT molecular complexity index is 851. The third-order valence-electron chi connectivity index (χ3n) is 4.41. The number of anilines is 1. The van der Waals surface area contributed by atoms with Crippen LogP contribution in [0.2, 0.25) is 0 Å². The van der Waals surface area contributed by atoms with Gasteiger partial charge in [0.05, 0.1) is 37.5 Å². The van der Waals surface area contributed by atoms with Crippen molar-refractivity contribution in [3.8, 4) is 11.5 Å². The first-order valence-corrected chi connectivity index (χ1v) is 11.0. The molecule has 2 saturated heterocycles. The van der Waals surface area contributed by atoms with Crippen LogP contribution in [-0.4, -0.2) is 56.5 Å². The molecule has 0 N–H and O–H groups in total. The number of sulfone groups is 1. The highest BCUT2D eigenvalue weighted by molar-refractivity contribution is 8.16. The van der Waals surface area contributed by atoms with E-state index >= 15 is 0 Å². The summed E-state index contributed by atoms with van der Waals surface area (Å²) in [5.41, 5.74) is 0.652. The highest BCUT2D eigenvalue weighted by Gasteiger charge is 2.50. The average Bonchev–Trinajstić information content (AvgIpc) is 3.04. The first kappa shape index (κ1) is 19.0. The van der Waals surface area contributed by atoms with Crippen LogP contribution in [0, 0.1) is 5.92 Å². The second-order valence-electron chi connectivity index (χ2n) is 6.60. The molecule has 0 unspecified atom stereocenters. The number of carbonyl (C=O) groups excluding carboxylic acids is 1. The number of benzene rings is 1. The molecule has 3 rings (SSSR count). The van der Waals surface area contributed by atoms with Gasteiger partial charge in [-0.25, -0.2) is 8.42 Å². The molecule has 142 valence electrons. The zero-order chi connectivity index (χ0) is 19.1. The molecule has 2 heterocycles. The number of ether oxygens (including phenoxy) is 2. The Balaban J connectivity index is 2.11. The van der Waals surface area contributed by atoms with Gasteiger partial charge in [0.1, 0.15) is 11.5 Å². The SMILES string of the molecule is COc1ccc(OC)c(N2C(=NC(=O)C(C)C)S[C@H]3CS(=O)(=O)C[C@@H]32)c1. The fraction of sp³-hybridized carbons (Fsp3) is 0.529. The van der Waals surface area contributed by atoms with Crippen molar-refractivity contribution < 1.29 is 22.7 Å². The smallest absolute Gasteiger partial charge is 0.250 e. The van der Waals surface area contributed by atoms with E-state index in [1.54, 1.807) is 46.3 Å². The van der Waals surface area contributed by atoms with Crippen molar-refractivity contribution in [1.82, 2.24) is 0 Å². The Morgan fingerprint density at radius 3 is 2.62 bits per heavy atom. The molecule has 26 heavy (non-hydrogen) atoms. The topological polar surface area (TPSA) is 85.3 Å². The van der Waals surface area contributed by atoms with Crippen LogP contribution >= 0.6 is 11.8 Å². The first-order valence-electron chi connectivity index (χ1n) is 8.26. The number of methoxy groups -OCH3 is 2. The molecule has 1 aromatic carbocycles. The van der Waals surface area contributed by atoms with Crippen LogP contribution in [0.3, 0.4) is 0 Å². The van der Waals surface area contributed by atoms with Crippen molar-refractivity contribution in [3.05, 3.63) is 18.2 Å². The molecule has 2 aliphatic rings. The Kier molecular flexibility index (Phi) is 5.21. The Labute approximate surface area is 157 Å². The summed E-state index contributed by atoms with van der Waals surface area (Å²) in [5, 5.41) is 0.356. The monoisotopic (exact) mass is 398 g/mol. The van der Waals surface area contributed by atoms with Gasteiger partial charge in [-0.2, -0.15) is 4.99 Å². The van der Waals surface area contributed by atoms with Gasteiger partial charge in [0.2, 0.25) is 0 Å². The number of carbonyl (C=O) groups is 1. The summed E-state index contributed by atoms with van der Waals surface area (Å²) in [7, 11) is -0.0153. The average molecular weight is 399 g/mol. The molecular formula is C17H22N2O5S2. The summed E-state index contributed by atoms with van der Waals surface area (Å²) in [6.45, 7) is 3.57. The van der Waals surface area contributed by atoms with E-state index in [9.17, 15) is 13.2 Å². The van der Waals surface area contributed by atoms with Gasteiger partial charge in [-0.05, 0) is 12.1 Å². The molecule has 9 heteroatoms. The zero-order valence-corrected chi connectivity index (χ0v) is 16.8. The summed E-state index contributed by atoms with van der Waals surface area (Å²) in [4.78, 5) is 18.3. The van der Waals surface area contributed by atoms with E-state index in [0.29, 0.717) is 22.4 Å². The van der Waals surface area contributed by atoms with Crippen molar-refractivity contribution in [2.24, 2.45) is 10.9 Å². The lowest BCUT2D eigenvalue weighted by atomic mass is 10.1. The number of amidine groups is 1. The zero-order valence-electron chi connectivity index (χ0n) is 15.1. The highest BCUT2D eigenvalue weighted by Crippen LogP contribution is 2.45. The molecule has 0 spiro atoms. The van der Waals surface area contributed by atoms with Gasteiger partial charge in [-0.1, -0.05) is 25.6 Å². The fourth-order valence-corrected chi connectivity index (χ4v) is 6.97. The minimum absolute atomic E-state index is 0.0277. The normalized spacial score (nSPS) is 25.6. The number of aliphatic imine (C=N–C) groups is 1. The van der Waals surface area contributed by atoms with Crippen LogP contribution in [0.1, 0.15) is 13.8 Å². The number of amides is 1. The number of fused-ring (bicyclic) bond motifs is 1. The second-order valence-corrected chi connectivity index (χ2v) is 9.96. The molecule has 1 amide bonds. The maximum absolute atomic E-state index is 12.2. The predicted octanol–water partition coefficient (Wildman–Crippen LogP) is 1.96. The molecule has 7 nitrogen and oxygen atoms in total. The highest BCUT2D eigenvalue weighted by atomic mass is 32.2. The first-order chi connectivity index (χ1) is 12.3. The van der Waals surface area contributed by atoms with Crippen molar-refractivity contribution in [3.63, 3.8) is 0 Å². The fourth-order valence-electron chi connectivity index (χ4n) is 3.05. The van der Waals surface area contributed by atoms with E-state index in [1.807, 2.05) is 4.90 Å². The molecule has 0 radical (unpaired) electrons. The van der Waals surface area contributed by atoms with Crippen LogP contribution in [-0.2, 0) is 14.6 Å². The summed E-state index contributed by atoms with van der Waals surface area (Å²) >= 11 is 1.34. The molecule has 0 aromatic heterocycles. The molecule has 1 aromatic rings. The van der Waals surface area contributed by atoms with Crippen molar-refractivity contribution in [1.29, 1.82) is 0 Å². The Morgan fingerprint density at radius 1 is 1.27 bits per heavy atom. The predicted molar refractivity (Wildman–Crippen MR) is 103 cm³/mol. The van der Waals surface area contributed by atoms with Gasteiger partial charge >= 0.3 is 0 Å². The van der Waals surface area contributed by atoms with E-state index in [0.717, 1.165) is 0 Å². The lowest BCUT2D eigenvalue weighted by Crippen LogP contribution is -2.38. The van der Waals surface area contributed by atoms with Crippen molar-refractivity contribution >= 4 is 38.4 Å². The third kappa shape index (κ3) is 3.55. The molecule has 2 fully saturated rings. The summed E-state index contributed by atoms with van der Waals surface area (Å²) in [6, 6.07) is 5.02. The minimum Gasteiger partial charge on any atom is -0.497 e. The third-order valence-corrected chi connectivity index (χ3v) is 7.62. The van der Waals surface area contributed by atoms with Crippen LogP contribution < -0.4 is 14.4 Å². The van der Waals surface area contributed by atoms with Gasteiger partial charge in [0.15, 0.2) is 15.0 Å². The maximum atomic E-state index is 12.2. The largest absolute Gasteiger partial charge is 0.497 e. The Morgan fingerprint density at radius 2 is 2.00 bits per heavy atom. The second kappa shape index (κ2) is 7.11. The van der Waals surface area contributed by atoms with E-state index in [1.165, 1.54) is 11.8 Å². The number of hydrogen-bond acceptors (Lipinski definition) is 6. The van der Waals surface area contributed by atoms with Crippen LogP contribution in [0.15, 0.2) is 23.2 Å². The van der Waals surface area contributed by atoms with Crippen molar-refractivity contribution in [2.75, 3.05) is 30.6 Å². The maximum Gasteiger partial charge on any atom is 0.250 e. The van der Waals surface area contributed by atoms with Crippen LogP contribution in [0.4, 0.5) is 5.69 Å². The van der Waals surface area contributed by atoms with Crippen LogP contribution in [0.25, 0.3) is 0 Å². The molecular weight excluding hydrogens is 376 g/mol. The molecule has 2 aliphatic heterocycles. The quantitative estimate of drug-likeness (QED) is 0.766. The lowest BCUT2D eigenvalue weighted by Gasteiger charge is -2.26. The molecule has 0 saturated carbocycles. The Hall–Kier alpha value is -1.74. The molecule has 0 aliphatic carbocycles. The number of hydrogen-bond donors (Lipinski definition) is 0. The van der Waals surface area contributed by atoms with Gasteiger partial charge in [-0.15, -0.1) is 0 Å². The summed E-state index contributed by atoms with van der Waals surface area (Å²) in [5.74, 6) is 0.828. The van der Waals surface area contributed by atoms with Gasteiger partial charge in [-0.3, -0.25) is 4.79 Å². The number of rotatable bonds is 4. The van der Waals surface area contributed by atoms with Gasteiger partial charge < -0.3 is 14.4 Å². The summed E-state index contributed by atoms with van der Waals surface area (Å²) < 4.78 is 35.0. The van der Waals surface area contributed by atoms with Crippen molar-refractivity contribution in [2.45, 2.75) is 25.1 Å². The number of nitrogens with zero attached hydrogens (tertiary/aromatic N) is 2. The van der Waals surface area contributed by atoms with E-state index in [-0.39, 0.29) is 34.6 Å². The van der Waals surface area contributed by atoms with E-state index < -0.39 is 9.84 Å². The van der Waals surface area contributed by atoms with E-state index in [4.69, 9.17) is 9.47 Å². The lowest BCUT2D eigenvalue weighted by molar-refractivity contribution is -0.120. The molecule has 0 bridgehead atoms. The standard InChI is InChI=1S/C17H22N2O5S2/c1-10(2)16(20)18-17-19(13-8-26(21,22)9-15(13)25-17)12-7-11(23-3)5-6-14(12)24-4/h5-7,10,13,15H,8-9H2,1-4H3/t13-,15-/m0/s1. The minimum atomic E-state index is -3.12. The van der Waals surface area contributed by atoms with Crippen LogP contribution in [0.5, 0.6) is 11.5 Å².